The predicted molar refractivity (Wildman–Crippen MR) is 76.6 cm³/mol. The van der Waals surface area contributed by atoms with E-state index in [1.807, 2.05) is 12.1 Å². The van der Waals surface area contributed by atoms with Crippen molar-refractivity contribution in [1.29, 1.82) is 5.26 Å². The van der Waals surface area contributed by atoms with Crippen LogP contribution >= 0.6 is 11.6 Å². The summed E-state index contributed by atoms with van der Waals surface area (Å²) in [6.45, 7) is 0. The molecule has 0 fully saturated rings. The molecule has 100 valence electrons. The van der Waals surface area contributed by atoms with Gasteiger partial charge < -0.3 is 0 Å². The van der Waals surface area contributed by atoms with Crippen LogP contribution in [0, 0.1) is 21.4 Å². The fourth-order valence-electron chi connectivity index (χ4n) is 1.92. The summed E-state index contributed by atoms with van der Waals surface area (Å²) in [5.74, 6) is -0.336. The highest BCUT2D eigenvalue weighted by atomic mass is 35.5. The molecule has 0 amide bonds. The molecule has 2 aromatic carbocycles. The molecular formula is C15H11ClN2O2. The van der Waals surface area contributed by atoms with E-state index in [-0.39, 0.29) is 11.6 Å². The lowest BCUT2D eigenvalue weighted by molar-refractivity contribution is -0.384. The van der Waals surface area contributed by atoms with Crippen LogP contribution in [0.2, 0.25) is 5.02 Å². The highest BCUT2D eigenvalue weighted by Gasteiger charge is 2.13. The summed E-state index contributed by atoms with van der Waals surface area (Å²) < 4.78 is 0. The van der Waals surface area contributed by atoms with E-state index in [0.717, 1.165) is 11.1 Å². The minimum Gasteiger partial charge on any atom is -0.258 e. The van der Waals surface area contributed by atoms with E-state index < -0.39 is 4.92 Å². The monoisotopic (exact) mass is 286 g/mol. The summed E-state index contributed by atoms with van der Waals surface area (Å²) >= 11 is 5.82. The number of hydrogen-bond acceptors (Lipinski definition) is 3. The number of nitro groups is 1. The molecule has 0 aromatic heterocycles. The first kappa shape index (κ1) is 14.0. The molecule has 0 N–H and O–H groups in total. The van der Waals surface area contributed by atoms with Crippen LogP contribution in [0.15, 0.2) is 48.5 Å². The van der Waals surface area contributed by atoms with Crippen LogP contribution in [0.4, 0.5) is 5.69 Å². The fourth-order valence-corrected chi connectivity index (χ4v) is 2.05. The molecule has 0 unspecified atom stereocenters. The van der Waals surface area contributed by atoms with Gasteiger partial charge in [0.1, 0.15) is 0 Å². The van der Waals surface area contributed by atoms with Crippen LogP contribution in [0.3, 0.4) is 0 Å². The largest absolute Gasteiger partial charge is 0.269 e. The third-order valence-electron chi connectivity index (χ3n) is 3.02. The molecule has 0 spiro atoms. The second kappa shape index (κ2) is 6.18. The van der Waals surface area contributed by atoms with Gasteiger partial charge in [-0.15, -0.1) is 0 Å². The Balaban J connectivity index is 2.18. The third-order valence-corrected chi connectivity index (χ3v) is 3.27. The minimum absolute atomic E-state index is 0.0249. The second-order valence-electron chi connectivity index (χ2n) is 4.36. The average Bonchev–Trinajstić information content (AvgIpc) is 2.47. The summed E-state index contributed by atoms with van der Waals surface area (Å²) in [4.78, 5) is 10.1. The van der Waals surface area contributed by atoms with E-state index in [1.54, 1.807) is 24.3 Å². The van der Waals surface area contributed by atoms with Gasteiger partial charge in [-0.3, -0.25) is 10.1 Å². The number of halogens is 1. The van der Waals surface area contributed by atoms with E-state index in [2.05, 4.69) is 6.07 Å². The Morgan fingerprint density at radius 3 is 2.25 bits per heavy atom. The molecule has 2 aromatic rings. The van der Waals surface area contributed by atoms with Gasteiger partial charge in [0, 0.05) is 17.2 Å². The molecule has 0 saturated carbocycles. The summed E-state index contributed by atoms with van der Waals surface area (Å²) in [6.07, 6.45) is 0.547. The van der Waals surface area contributed by atoms with Gasteiger partial charge in [0.2, 0.25) is 0 Å². The van der Waals surface area contributed by atoms with Crippen LogP contribution in [-0.2, 0) is 6.42 Å². The van der Waals surface area contributed by atoms with Gasteiger partial charge >= 0.3 is 0 Å². The van der Waals surface area contributed by atoms with Crippen LogP contribution in [-0.4, -0.2) is 4.92 Å². The topological polar surface area (TPSA) is 66.9 Å². The number of non-ortho nitro benzene ring substituents is 1. The third kappa shape index (κ3) is 3.34. The number of rotatable bonds is 4. The lowest BCUT2D eigenvalue weighted by Crippen LogP contribution is -2.00. The van der Waals surface area contributed by atoms with Crippen LogP contribution in [0.25, 0.3) is 0 Å². The Morgan fingerprint density at radius 1 is 1.15 bits per heavy atom. The zero-order valence-electron chi connectivity index (χ0n) is 10.5. The molecule has 0 aliphatic rings. The molecule has 0 radical (unpaired) electrons. The van der Waals surface area contributed by atoms with Gasteiger partial charge in [-0.2, -0.15) is 5.26 Å². The molecule has 1 atom stereocenters. The second-order valence-corrected chi connectivity index (χ2v) is 4.80. The highest BCUT2D eigenvalue weighted by molar-refractivity contribution is 6.30. The minimum atomic E-state index is -0.454. The smallest absolute Gasteiger partial charge is 0.258 e. The SMILES string of the molecule is N#C[C@H](Cc1ccc(Cl)cc1)c1ccc([N+](=O)[O-])cc1. The van der Waals surface area contributed by atoms with Gasteiger partial charge in [-0.1, -0.05) is 35.9 Å². The van der Waals surface area contributed by atoms with Crippen molar-refractivity contribution in [2.24, 2.45) is 0 Å². The Morgan fingerprint density at radius 2 is 1.75 bits per heavy atom. The first-order chi connectivity index (χ1) is 9.60. The predicted octanol–water partition coefficient (Wildman–Crippen LogP) is 4.10. The van der Waals surface area contributed by atoms with Crippen molar-refractivity contribution in [1.82, 2.24) is 0 Å². The van der Waals surface area contributed by atoms with Gasteiger partial charge in [-0.05, 0) is 29.7 Å². The number of benzene rings is 2. The van der Waals surface area contributed by atoms with Gasteiger partial charge in [0.05, 0.1) is 16.9 Å². The summed E-state index contributed by atoms with van der Waals surface area (Å²) in [5.41, 5.74) is 1.80. The zero-order valence-corrected chi connectivity index (χ0v) is 11.2. The maximum Gasteiger partial charge on any atom is 0.269 e. The summed E-state index contributed by atoms with van der Waals surface area (Å²) in [5, 5.41) is 20.5. The molecule has 0 bridgehead atoms. The molecule has 5 heteroatoms. The molecular weight excluding hydrogens is 276 g/mol. The van der Waals surface area contributed by atoms with E-state index in [9.17, 15) is 15.4 Å². The Bertz CT molecular complexity index is 645. The Hall–Kier alpha value is -2.38. The first-order valence-corrected chi connectivity index (χ1v) is 6.36. The quantitative estimate of drug-likeness (QED) is 0.628. The van der Waals surface area contributed by atoms with Gasteiger partial charge in [0.15, 0.2) is 0 Å². The number of hydrogen-bond donors (Lipinski definition) is 0. The number of nitrogens with zero attached hydrogens (tertiary/aromatic N) is 2. The maximum absolute atomic E-state index is 10.6. The molecule has 0 heterocycles. The van der Waals surface area contributed by atoms with Crippen LogP contribution < -0.4 is 0 Å². The van der Waals surface area contributed by atoms with Crippen molar-refractivity contribution >= 4 is 17.3 Å². The number of nitriles is 1. The Labute approximate surface area is 121 Å². The maximum atomic E-state index is 10.6. The molecule has 0 aliphatic heterocycles. The lowest BCUT2D eigenvalue weighted by Gasteiger charge is -2.09. The van der Waals surface area contributed by atoms with Crippen molar-refractivity contribution in [2.75, 3.05) is 0 Å². The van der Waals surface area contributed by atoms with Crippen molar-refractivity contribution in [3.63, 3.8) is 0 Å². The van der Waals surface area contributed by atoms with Crippen LogP contribution in [0.1, 0.15) is 17.0 Å². The standard InChI is InChI=1S/C15H11ClN2O2/c16-14-5-1-11(2-6-14)9-13(10-17)12-3-7-15(8-4-12)18(19)20/h1-8,13H,9H2/t13-/m0/s1. The normalized spacial score (nSPS) is 11.6. The van der Waals surface area contributed by atoms with Crippen LogP contribution in [0.5, 0.6) is 0 Å². The average molecular weight is 287 g/mol. The van der Waals surface area contributed by atoms with Gasteiger partial charge in [-0.25, -0.2) is 0 Å². The number of nitro benzene ring substituents is 1. The van der Waals surface area contributed by atoms with Gasteiger partial charge in [0.25, 0.3) is 5.69 Å². The van der Waals surface area contributed by atoms with Crippen molar-refractivity contribution < 1.29 is 4.92 Å². The zero-order chi connectivity index (χ0) is 14.5. The van der Waals surface area contributed by atoms with Crippen molar-refractivity contribution in [3.8, 4) is 6.07 Å². The summed E-state index contributed by atoms with van der Waals surface area (Å²) in [6, 6.07) is 15.6. The molecule has 4 nitrogen and oxygen atoms in total. The molecule has 0 saturated heterocycles. The highest BCUT2D eigenvalue weighted by Crippen LogP contribution is 2.23. The first-order valence-electron chi connectivity index (χ1n) is 5.98. The summed E-state index contributed by atoms with van der Waals surface area (Å²) in [7, 11) is 0. The van der Waals surface area contributed by atoms with E-state index in [1.165, 1.54) is 12.1 Å². The van der Waals surface area contributed by atoms with Crippen molar-refractivity contribution in [2.45, 2.75) is 12.3 Å². The van der Waals surface area contributed by atoms with E-state index in [0.29, 0.717) is 11.4 Å². The Kier molecular flexibility index (Phi) is 4.34. The lowest BCUT2D eigenvalue weighted by atomic mass is 9.93. The van der Waals surface area contributed by atoms with E-state index in [4.69, 9.17) is 11.6 Å². The van der Waals surface area contributed by atoms with Crippen molar-refractivity contribution in [3.05, 3.63) is 74.8 Å². The molecule has 20 heavy (non-hydrogen) atoms. The molecule has 0 aliphatic carbocycles. The van der Waals surface area contributed by atoms with E-state index >= 15 is 0 Å². The molecule has 2 rings (SSSR count). The fraction of sp³-hybridized carbons (Fsp3) is 0.133.